The molecule has 0 spiro atoms. The zero-order chi connectivity index (χ0) is 28.6. The second-order valence-electron chi connectivity index (χ2n) is 11.2. The van der Waals surface area contributed by atoms with E-state index < -0.39 is 21.1 Å². The van der Waals surface area contributed by atoms with Gasteiger partial charge in [-0.3, -0.25) is 9.78 Å². The molecule has 6 rings (SSSR count). The third-order valence-corrected chi connectivity index (χ3v) is 12.0. The molecule has 3 heterocycles. The molecule has 214 valence electrons. The monoisotopic (exact) mass is 592 g/mol. The van der Waals surface area contributed by atoms with Crippen molar-refractivity contribution >= 4 is 32.7 Å². The highest BCUT2D eigenvalue weighted by Crippen LogP contribution is 2.46. The van der Waals surface area contributed by atoms with Crippen LogP contribution in [0.3, 0.4) is 0 Å². The molecule has 8 nitrogen and oxygen atoms in total. The molecule has 1 aliphatic heterocycles. The van der Waals surface area contributed by atoms with Gasteiger partial charge >= 0.3 is 0 Å². The summed E-state index contributed by atoms with van der Waals surface area (Å²) < 4.78 is 30.8. The molecule has 0 bridgehead atoms. The fraction of sp³-hybridized carbons (Fsp3) is 0.467. The quantitative estimate of drug-likeness (QED) is 0.412. The van der Waals surface area contributed by atoms with E-state index >= 15 is 0 Å². The Hall–Kier alpha value is -3.36. The number of carbonyl (C=O) groups excluding carboxylic acids is 1. The Kier molecular flexibility index (Phi) is 7.55. The summed E-state index contributed by atoms with van der Waals surface area (Å²) in [5, 5.41) is 13.2. The van der Waals surface area contributed by atoms with Crippen molar-refractivity contribution in [1.82, 2.24) is 15.3 Å². The molecule has 2 aromatic heterocycles. The summed E-state index contributed by atoms with van der Waals surface area (Å²) in [4.78, 5) is 25.7. The Morgan fingerprint density at radius 1 is 1.17 bits per heavy atom. The van der Waals surface area contributed by atoms with Crippen LogP contribution in [0, 0.1) is 23.1 Å². The molecule has 2 atom stereocenters. The number of nitrogens with one attached hydrogen (secondary N) is 1. The lowest BCUT2D eigenvalue weighted by molar-refractivity contribution is -0.127. The molecule has 0 radical (unpaired) electrons. The summed E-state index contributed by atoms with van der Waals surface area (Å²) in [6.45, 7) is 1.39. The molecule has 2 aliphatic carbocycles. The first kappa shape index (κ1) is 27.8. The lowest BCUT2D eigenvalue weighted by Crippen LogP contribution is -2.42. The molecule has 41 heavy (non-hydrogen) atoms. The van der Waals surface area contributed by atoms with E-state index in [-0.39, 0.29) is 17.7 Å². The standard InChI is InChI=1S/C30H33FN6O2S2/c1-33-41(39)14-12-37(13-15-41)23-8-6-20(7-9-23)27-26(35-29(40-27)21-16-22(31)18-34-17-21)24-4-2-3-5-25(24)28(38)36-30(19-32)10-11-30/h6-9,16-18,24-25H,2-5,10-15H2,1H3,(H,36,38)/t24-,25-/m1/s1. The van der Waals surface area contributed by atoms with Gasteiger partial charge in [-0.15, -0.1) is 11.3 Å². The van der Waals surface area contributed by atoms with Gasteiger partial charge in [-0.2, -0.15) is 5.26 Å². The van der Waals surface area contributed by atoms with E-state index in [1.807, 2.05) is 0 Å². The van der Waals surface area contributed by atoms with E-state index in [9.17, 15) is 18.7 Å². The number of hydrogen-bond donors (Lipinski definition) is 1. The molecule has 3 fully saturated rings. The van der Waals surface area contributed by atoms with Gasteiger partial charge in [0.15, 0.2) is 0 Å². The predicted octanol–water partition coefficient (Wildman–Crippen LogP) is 5.38. The molecular formula is C30H33FN6O2S2. The molecule has 0 unspecified atom stereocenters. The molecular weight excluding hydrogens is 560 g/mol. The van der Waals surface area contributed by atoms with Crippen LogP contribution < -0.4 is 10.2 Å². The van der Waals surface area contributed by atoms with Crippen LogP contribution in [-0.2, 0) is 14.5 Å². The summed E-state index contributed by atoms with van der Waals surface area (Å²) >= 11 is 1.49. The first-order chi connectivity index (χ1) is 19.8. The molecule has 11 heteroatoms. The number of carbonyl (C=O) groups is 1. The average molecular weight is 593 g/mol. The van der Waals surface area contributed by atoms with Gasteiger partial charge in [-0.05, 0) is 49.4 Å². The Bertz CT molecular complexity index is 1600. The van der Waals surface area contributed by atoms with Gasteiger partial charge in [0.25, 0.3) is 0 Å². The van der Waals surface area contributed by atoms with Crippen molar-refractivity contribution in [2.75, 3.05) is 36.5 Å². The van der Waals surface area contributed by atoms with Crippen LogP contribution in [0.4, 0.5) is 10.1 Å². The molecule has 2 saturated carbocycles. The summed E-state index contributed by atoms with van der Waals surface area (Å²) in [5.41, 5.74) is 2.79. The Morgan fingerprint density at radius 3 is 2.56 bits per heavy atom. The number of benzene rings is 1. The summed E-state index contributed by atoms with van der Waals surface area (Å²) in [7, 11) is -0.452. The molecule has 3 aliphatic rings. The largest absolute Gasteiger partial charge is 0.370 e. The first-order valence-electron chi connectivity index (χ1n) is 14.1. The lowest BCUT2D eigenvalue weighted by Gasteiger charge is -2.31. The Balaban J connectivity index is 1.34. The van der Waals surface area contributed by atoms with Crippen molar-refractivity contribution < 1.29 is 13.4 Å². The average Bonchev–Trinajstić information content (AvgIpc) is 3.64. The third kappa shape index (κ3) is 5.72. The van der Waals surface area contributed by atoms with Crippen molar-refractivity contribution in [2.45, 2.75) is 50.0 Å². The number of nitrogens with zero attached hydrogens (tertiary/aromatic N) is 5. The summed E-state index contributed by atoms with van der Waals surface area (Å²) in [6.07, 6.45) is 7.69. The van der Waals surface area contributed by atoms with Gasteiger partial charge < -0.3 is 10.2 Å². The molecule has 3 aromatic rings. The minimum absolute atomic E-state index is 0.0717. The van der Waals surface area contributed by atoms with Gasteiger partial charge in [-0.25, -0.2) is 17.9 Å². The highest BCUT2D eigenvalue weighted by atomic mass is 32.2. The third-order valence-electron chi connectivity index (χ3n) is 8.57. The van der Waals surface area contributed by atoms with E-state index in [1.54, 1.807) is 13.2 Å². The van der Waals surface area contributed by atoms with E-state index in [0.29, 0.717) is 48.0 Å². The van der Waals surface area contributed by atoms with E-state index in [1.165, 1.54) is 23.6 Å². The highest BCUT2D eigenvalue weighted by molar-refractivity contribution is 7.93. The molecule has 1 saturated heterocycles. The maximum absolute atomic E-state index is 14.1. The maximum Gasteiger partial charge on any atom is 0.225 e. The smallest absolute Gasteiger partial charge is 0.225 e. The van der Waals surface area contributed by atoms with Gasteiger partial charge in [-0.1, -0.05) is 25.0 Å². The van der Waals surface area contributed by atoms with Crippen molar-refractivity contribution in [3.05, 3.63) is 54.2 Å². The van der Waals surface area contributed by atoms with Gasteiger partial charge in [0.1, 0.15) is 16.4 Å². The normalized spacial score (nSPS) is 22.9. The Morgan fingerprint density at radius 2 is 1.90 bits per heavy atom. The fourth-order valence-electron chi connectivity index (χ4n) is 5.92. The number of pyridine rings is 1. The lowest BCUT2D eigenvalue weighted by atomic mass is 9.76. The number of thiazole rings is 1. The minimum atomic E-state index is -2.09. The summed E-state index contributed by atoms with van der Waals surface area (Å²) in [6, 6.07) is 12.0. The van der Waals surface area contributed by atoms with E-state index in [4.69, 9.17) is 4.98 Å². The number of rotatable bonds is 6. The number of halogens is 1. The van der Waals surface area contributed by atoms with Crippen LogP contribution >= 0.6 is 11.3 Å². The van der Waals surface area contributed by atoms with E-state index in [2.05, 4.69) is 49.9 Å². The molecule has 1 N–H and O–H groups in total. The van der Waals surface area contributed by atoms with Crippen molar-refractivity contribution in [3.63, 3.8) is 0 Å². The van der Waals surface area contributed by atoms with Crippen LogP contribution in [0.1, 0.15) is 50.1 Å². The SMILES string of the molecule is CN=S1(=O)CCN(c2ccc(-c3sc(-c4cncc(F)c4)nc3[C@@H]3CCCC[C@H]3C(=O)NC3(C#N)CC3)cc2)CC1. The van der Waals surface area contributed by atoms with Gasteiger partial charge in [0, 0.05) is 70.7 Å². The summed E-state index contributed by atoms with van der Waals surface area (Å²) in [5.74, 6) is 0.249. The molecule has 1 amide bonds. The van der Waals surface area contributed by atoms with Gasteiger partial charge in [0.2, 0.25) is 5.91 Å². The first-order valence-corrected chi connectivity index (χ1v) is 16.8. The second kappa shape index (κ2) is 11.1. The number of anilines is 1. The van der Waals surface area contributed by atoms with Crippen LogP contribution in [0.25, 0.3) is 21.0 Å². The Labute approximate surface area is 244 Å². The number of amides is 1. The van der Waals surface area contributed by atoms with Crippen LogP contribution in [0.5, 0.6) is 0 Å². The number of nitriles is 1. The highest BCUT2D eigenvalue weighted by Gasteiger charge is 2.47. The topological polar surface area (TPSA) is 111 Å². The number of aromatic nitrogens is 2. The van der Waals surface area contributed by atoms with Crippen LogP contribution in [0.2, 0.25) is 0 Å². The number of hydrogen-bond acceptors (Lipinski definition) is 8. The second-order valence-corrected chi connectivity index (χ2v) is 14.9. The van der Waals surface area contributed by atoms with Crippen LogP contribution in [-0.4, -0.2) is 57.3 Å². The minimum Gasteiger partial charge on any atom is -0.370 e. The molecule has 1 aromatic carbocycles. The van der Waals surface area contributed by atoms with Crippen molar-refractivity contribution in [3.8, 4) is 27.1 Å². The predicted molar refractivity (Wildman–Crippen MR) is 160 cm³/mol. The maximum atomic E-state index is 14.1. The fourth-order valence-corrected chi connectivity index (χ4v) is 8.62. The van der Waals surface area contributed by atoms with Crippen molar-refractivity contribution in [2.24, 2.45) is 10.3 Å². The van der Waals surface area contributed by atoms with Crippen molar-refractivity contribution in [1.29, 1.82) is 5.26 Å². The zero-order valence-electron chi connectivity index (χ0n) is 23.0. The zero-order valence-corrected chi connectivity index (χ0v) is 24.6. The van der Waals surface area contributed by atoms with Crippen LogP contribution in [0.15, 0.2) is 47.1 Å². The van der Waals surface area contributed by atoms with Gasteiger partial charge in [0.05, 0.1) is 22.8 Å². The van der Waals surface area contributed by atoms with E-state index in [0.717, 1.165) is 47.5 Å².